The molecule has 0 unspecified atom stereocenters. The van der Waals surface area contributed by atoms with Gasteiger partial charge in [-0.1, -0.05) is 12.1 Å². The van der Waals surface area contributed by atoms with Crippen LogP contribution in [0.5, 0.6) is 5.75 Å². The van der Waals surface area contributed by atoms with Crippen LogP contribution in [-0.4, -0.2) is 23.9 Å². The Morgan fingerprint density at radius 2 is 1.64 bits per heavy atom. The van der Waals surface area contributed by atoms with Crippen LogP contribution >= 0.6 is 22.6 Å². The van der Waals surface area contributed by atoms with E-state index in [0.29, 0.717) is 6.61 Å². The Labute approximate surface area is 144 Å². The van der Waals surface area contributed by atoms with Crippen LogP contribution in [0, 0.1) is 3.57 Å². The van der Waals surface area contributed by atoms with E-state index in [1.165, 1.54) is 3.57 Å². The Kier molecular flexibility index (Phi) is 4.97. The van der Waals surface area contributed by atoms with Crippen LogP contribution in [0.25, 0.3) is 0 Å². The predicted molar refractivity (Wildman–Crippen MR) is 95.1 cm³/mol. The first-order valence-corrected chi connectivity index (χ1v) is 8.57. The number of hydrogen-bond donors (Lipinski definition) is 0. The Balaban J connectivity index is 1.59. The molecule has 4 heteroatoms. The lowest BCUT2D eigenvalue weighted by Gasteiger charge is -2.15. The Hall–Kier alpha value is -1.56. The van der Waals surface area contributed by atoms with Crippen LogP contribution in [0.2, 0.25) is 0 Å². The highest BCUT2D eigenvalue weighted by atomic mass is 127. The van der Waals surface area contributed by atoms with E-state index < -0.39 is 0 Å². The van der Waals surface area contributed by atoms with Gasteiger partial charge in [-0.15, -0.1) is 0 Å². The monoisotopic (exact) mass is 407 g/mol. The SMILES string of the molecule is O=C(c1ccc(COc2ccc(I)cc2)cc1)N1CCCC1. The molecular formula is C18H18INO2. The van der Waals surface area contributed by atoms with Gasteiger partial charge in [-0.2, -0.15) is 0 Å². The van der Waals surface area contributed by atoms with E-state index in [1.54, 1.807) is 0 Å². The number of ether oxygens (including phenoxy) is 1. The molecule has 0 bridgehead atoms. The van der Waals surface area contributed by atoms with Crippen molar-refractivity contribution in [2.45, 2.75) is 19.4 Å². The fourth-order valence-electron chi connectivity index (χ4n) is 2.54. The summed E-state index contributed by atoms with van der Waals surface area (Å²) in [6, 6.07) is 15.7. The van der Waals surface area contributed by atoms with Gasteiger partial charge in [0.25, 0.3) is 5.91 Å². The average Bonchev–Trinajstić information content (AvgIpc) is 3.09. The number of halogens is 1. The molecule has 1 heterocycles. The summed E-state index contributed by atoms with van der Waals surface area (Å²) in [5.74, 6) is 1.00. The van der Waals surface area contributed by atoms with E-state index >= 15 is 0 Å². The smallest absolute Gasteiger partial charge is 0.253 e. The van der Waals surface area contributed by atoms with Gasteiger partial charge in [0.15, 0.2) is 0 Å². The van der Waals surface area contributed by atoms with Gasteiger partial charge in [0.1, 0.15) is 12.4 Å². The summed E-state index contributed by atoms with van der Waals surface area (Å²) < 4.78 is 6.94. The highest BCUT2D eigenvalue weighted by molar-refractivity contribution is 14.1. The van der Waals surface area contributed by atoms with Gasteiger partial charge < -0.3 is 9.64 Å². The van der Waals surface area contributed by atoms with Crippen molar-refractivity contribution in [3.63, 3.8) is 0 Å². The third kappa shape index (κ3) is 3.80. The first kappa shape index (κ1) is 15.3. The minimum Gasteiger partial charge on any atom is -0.489 e. The molecule has 0 spiro atoms. The predicted octanol–water partition coefficient (Wildman–Crippen LogP) is 4.11. The summed E-state index contributed by atoms with van der Waals surface area (Å²) in [6.45, 7) is 2.28. The normalized spacial score (nSPS) is 14.1. The first-order chi connectivity index (χ1) is 10.7. The second-order valence-corrected chi connectivity index (χ2v) is 6.68. The number of rotatable bonds is 4. The largest absolute Gasteiger partial charge is 0.489 e. The standard InChI is InChI=1S/C18H18INO2/c19-16-7-9-17(10-8-16)22-13-14-3-5-15(6-4-14)18(21)20-11-1-2-12-20/h3-10H,1-2,11-13H2. The topological polar surface area (TPSA) is 29.5 Å². The van der Waals surface area contributed by atoms with Crippen LogP contribution in [0.15, 0.2) is 48.5 Å². The van der Waals surface area contributed by atoms with Crippen molar-refractivity contribution in [1.82, 2.24) is 4.90 Å². The third-order valence-corrected chi connectivity index (χ3v) is 4.53. The summed E-state index contributed by atoms with van der Waals surface area (Å²) >= 11 is 2.27. The lowest BCUT2D eigenvalue weighted by Crippen LogP contribution is -2.27. The maximum atomic E-state index is 12.3. The molecule has 114 valence electrons. The minimum absolute atomic E-state index is 0.141. The van der Waals surface area contributed by atoms with E-state index in [-0.39, 0.29) is 5.91 Å². The molecule has 0 N–H and O–H groups in total. The van der Waals surface area contributed by atoms with E-state index in [1.807, 2.05) is 53.4 Å². The van der Waals surface area contributed by atoms with Crippen molar-refractivity contribution in [3.8, 4) is 5.75 Å². The zero-order valence-electron chi connectivity index (χ0n) is 12.3. The Morgan fingerprint density at radius 3 is 2.27 bits per heavy atom. The molecule has 1 aliphatic heterocycles. The number of carbonyl (C=O) groups is 1. The summed E-state index contributed by atoms with van der Waals surface area (Å²) in [4.78, 5) is 14.2. The van der Waals surface area contributed by atoms with E-state index in [2.05, 4.69) is 22.6 Å². The summed E-state index contributed by atoms with van der Waals surface area (Å²) in [7, 11) is 0. The number of likely N-dealkylation sites (tertiary alicyclic amines) is 1. The van der Waals surface area contributed by atoms with Crippen molar-refractivity contribution in [1.29, 1.82) is 0 Å². The quantitative estimate of drug-likeness (QED) is 0.715. The van der Waals surface area contributed by atoms with Gasteiger partial charge in [0.2, 0.25) is 0 Å². The highest BCUT2D eigenvalue weighted by Gasteiger charge is 2.19. The van der Waals surface area contributed by atoms with Gasteiger partial charge in [0.05, 0.1) is 0 Å². The molecule has 0 aliphatic carbocycles. The molecule has 0 atom stereocenters. The van der Waals surface area contributed by atoms with Crippen molar-refractivity contribution < 1.29 is 9.53 Å². The molecule has 1 fully saturated rings. The molecule has 1 amide bonds. The molecule has 2 aromatic carbocycles. The first-order valence-electron chi connectivity index (χ1n) is 7.49. The van der Waals surface area contributed by atoms with E-state index in [9.17, 15) is 4.79 Å². The molecule has 0 aromatic heterocycles. The van der Waals surface area contributed by atoms with Gasteiger partial charge in [-0.05, 0) is 77.4 Å². The third-order valence-electron chi connectivity index (χ3n) is 3.81. The highest BCUT2D eigenvalue weighted by Crippen LogP contribution is 2.17. The number of amides is 1. The van der Waals surface area contributed by atoms with Crippen molar-refractivity contribution in [3.05, 3.63) is 63.2 Å². The number of benzene rings is 2. The van der Waals surface area contributed by atoms with Gasteiger partial charge in [-0.25, -0.2) is 0 Å². The number of hydrogen-bond acceptors (Lipinski definition) is 2. The van der Waals surface area contributed by atoms with Gasteiger partial charge >= 0.3 is 0 Å². The Morgan fingerprint density at radius 1 is 1.00 bits per heavy atom. The van der Waals surface area contributed by atoms with Crippen LogP contribution in [0.3, 0.4) is 0 Å². The van der Waals surface area contributed by atoms with Crippen molar-refractivity contribution >= 4 is 28.5 Å². The lowest BCUT2D eigenvalue weighted by atomic mass is 10.1. The summed E-state index contributed by atoms with van der Waals surface area (Å²) in [5.41, 5.74) is 1.83. The molecule has 1 saturated heterocycles. The molecule has 2 aromatic rings. The van der Waals surface area contributed by atoms with E-state index in [0.717, 1.165) is 42.8 Å². The fraction of sp³-hybridized carbons (Fsp3) is 0.278. The molecule has 0 radical (unpaired) electrons. The fourth-order valence-corrected chi connectivity index (χ4v) is 2.90. The van der Waals surface area contributed by atoms with Crippen molar-refractivity contribution in [2.24, 2.45) is 0 Å². The molecule has 22 heavy (non-hydrogen) atoms. The number of nitrogens with zero attached hydrogens (tertiary/aromatic N) is 1. The maximum absolute atomic E-state index is 12.3. The second kappa shape index (κ2) is 7.13. The molecular weight excluding hydrogens is 389 g/mol. The van der Waals surface area contributed by atoms with Crippen LogP contribution in [0.1, 0.15) is 28.8 Å². The second-order valence-electron chi connectivity index (χ2n) is 5.44. The van der Waals surface area contributed by atoms with Crippen molar-refractivity contribution in [2.75, 3.05) is 13.1 Å². The molecule has 1 aliphatic rings. The minimum atomic E-state index is 0.141. The van der Waals surface area contributed by atoms with Crippen LogP contribution in [0.4, 0.5) is 0 Å². The van der Waals surface area contributed by atoms with Crippen LogP contribution < -0.4 is 4.74 Å². The summed E-state index contributed by atoms with van der Waals surface area (Å²) in [5, 5.41) is 0. The number of carbonyl (C=O) groups excluding carboxylic acids is 1. The zero-order valence-corrected chi connectivity index (χ0v) is 14.5. The Bertz CT molecular complexity index is 631. The lowest BCUT2D eigenvalue weighted by molar-refractivity contribution is 0.0793. The van der Waals surface area contributed by atoms with Gasteiger partial charge in [0, 0.05) is 22.2 Å². The molecule has 0 saturated carbocycles. The average molecular weight is 407 g/mol. The van der Waals surface area contributed by atoms with Crippen LogP contribution in [-0.2, 0) is 6.61 Å². The molecule has 3 nitrogen and oxygen atoms in total. The zero-order chi connectivity index (χ0) is 15.4. The molecule has 3 rings (SSSR count). The summed E-state index contributed by atoms with van der Waals surface area (Å²) in [6.07, 6.45) is 2.24. The van der Waals surface area contributed by atoms with Gasteiger partial charge in [-0.3, -0.25) is 4.79 Å². The van der Waals surface area contributed by atoms with E-state index in [4.69, 9.17) is 4.74 Å². The maximum Gasteiger partial charge on any atom is 0.253 e.